The normalized spacial score (nSPS) is 8.57. The summed E-state index contributed by atoms with van der Waals surface area (Å²) in [6.07, 6.45) is 3.82. The molecule has 1 rings (SSSR count). The topological polar surface area (TPSA) is 72.5 Å². The van der Waals surface area contributed by atoms with Gasteiger partial charge < -0.3 is 10.1 Å². The number of ether oxygens (including phenoxy) is 1. The molecule has 0 heterocycles. The highest BCUT2D eigenvalue weighted by Gasteiger charge is 2.08. The highest BCUT2D eigenvalue weighted by molar-refractivity contribution is 5.91. The number of carbonyl (C=O) groups excluding carboxylic acids is 3. The van der Waals surface area contributed by atoms with Crippen molar-refractivity contribution in [2.24, 2.45) is 0 Å². The summed E-state index contributed by atoms with van der Waals surface area (Å²) in [6.45, 7) is 16.0. The number of amides is 1. The monoisotopic (exact) mass is 395 g/mol. The third-order valence-corrected chi connectivity index (χ3v) is 2.56. The minimum Gasteiger partial charge on any atom is -0.454 e. The zero-order valence-electron chi connectivity index (χ0n) is 19.2. The van der Waals surface area contributed by atoms with Gasteiger partial charge in [-0.3, -0.25) is 9.59 Å². The summed E-state index contributed by atoms with van der Waals surface area (Å²) >= 11 is 0. The lowest BCUT2D eigenvalue weighted by atomic mass is 10.1. The predicted molar refractivity (Wildman–Crippen MR) is 117 cm³/mol. The molecule has 0 aliphatic rings. The molecular formula is C23H41NO4. The second-order valence-corrected chi connectivity index (χ2v) is 5.92. The van der Waals surface area contributed by atoms with E-state index in [2.05, 4.69) is 33.0 Å². The van der Waals surface area contributed by atoms with Crippen LogP contribution in [0.15, 0.2) is 24.3 Å². The number of nitrogens with one attached hydrogen (secondary N) is 1. The SMILES string of the molecule is CC.CCC.CCC.CCCC(=O)NCc1ccc(C(=O)OCC(C)=O)cc1. The maximum absolute atomic E-state index is 11.6. The van der Waals surface area contributed by atoms with E-state index in [1.165, 1.54) is 19.8 Å². The Bertz CT molecular complexity index is 508. The number of hydrogen-bond donors (Lipinski definition) is 1. The summed E-state index contributed by atoms with van der Waals surface area (Å²) < 4.78 is 4.80. The number of carbonyl (C=O) groups is 3. The standard InChI is InChI=1S/C15H19NO4.2C3H8.C2H6/c1-3-4-14(18)16-9-12-5-7-13(8-6-12)15(19)20-10-11(2)17;2*1-3-2;1-2/h5-8H,3-4,9-10H2,1-2H3,(H,16,18);2*3H2,1-2H3;1-2H3. The molecule has 0 atom stereocenters. The van der Waals surface area contributed by atoms with Crippen LogP contribution in [0.1, 0.15) is 97.0 Å². The van der Waals surface area contributed by atoms with Crippen LogP contribution < -0.4 is 5.32 Å². The van der Waals surface area contributed by atoms with Gasteiger partial charge in [0.25, 0.3) is 0 Å². The molecule has 5 heteroatoms. The molecule has 28 heavy (non-hydrogen) atoms. The molecule has 0 aliphatic heterocycles. The Hall–Kier alpha value is -2.17. The second kappa shape index (κ2) is 22.9. The van der Waals surface area contributed by atoms with E-state index in [0.29, 0.717) is 18.5 Å². The maximum Gasteiger partial charge on any atom is 0.338 e. The molecule has 0 aromatic heterocycles. The number of hydrogen-bond acceptors (Lipinski definition) is 4. The molecule has 0 radical (unpaired) electrons. The smallest absolute Gasteiger partial charge is 0.338 e. The Balaban J connectivity index is -0.000000675. The molecule has 1 aromatic carbocycles. The van der Waals surface area contributed by atoms with E-state index in [1.54, 1.807) is 24.3 Å². The zero-order chi connectivity index (χ0) is 22.4. The summed E-state index contributed by atoms with van der Waals surface area (Å²) in [6, 6.07) is 6.72. The van der Waals surface area contributed by atoms with Gasteiger partial charge in [0, 0.05) is 13.0 Å². The molecule has 0 saturated heterocycles. The number of benzene rings is 1. The fourth-order valence-corrected chi connectivity index (χ4v) is 1.53. The Morgan fingerprint density at radius 2 is 1.36 bits per heavy atom. The third-order valence-electron chi connectivity index (χ3n) is 2.56. The lowest BCUT2D eigenvalue weighted by molar-refractivity contribution is -0.121. The predicted octanol–water partition coefficient (Wildman–Crippen LogP) is 5.71. The average molecular weight is 396 g/mol. The third kappa shape index (κ3) is 20.1. The zero-order valence-corrected chi connectivity index (χ0v) is 19.2. The van der Waals surface area contributed by atoms with Crippen molar-refractivity contribution in [1.82, 2.24) is 5.32 Å². The van der Waals surface area contributed by atoms with Gasteiger partial charge in [-0.2, -0.15) is 0 Å². The molecular weight excluding hydrogens is 354 g/mol. The van der Waals surface area contributed by atoms with Gasteiger partial charge >= 0.3 is 5.97 Å². The molecule has 0 bridgehead atoms. The molecule has 0 spiro atoms. The summed E-state index contributed by atoms with van der Waals surface area (Å²) in [5.41, 5.74) is 1.28. The van der Waals surface area contributed by atoms with Crippen LogP contribution in [0.25, 0.3) is 0 Å². The lowest BCUT2D eigenvalue weighted by Crippen LogP contribution is -2.22. The Morgan fingerprint density at radius 1 is 0.893 bits per heavy atom. The van der Waals surface area contributed by atoms with E-state index < -0.39 is 5.97 Å². The Morgan fingerprint density at radius 3 is 1.75 bits per heavy atom. The molecule has 1 amide bonds. The Kier molecular flexibility index (Phi) is 25.0. The van der Waals surface area contributed by atoms with E-state index in [-0.39, 0.29) is 18.3 Å². The summed E-state index contributed by atoms with van der Waals surface area (Å²) in [5, 5.41) is 2.79. The molecule has 1 aromatic rings. The first kappa shape index (κ1) is 30.6. The van der Waals surface area contributed by atoms with Crippen LogP contribution in [0.3, 0.4) is 0 Å². The van der Waals surface area contributed by atoms with Crippen molar-refractivity contribution in [2.45, 2.75) is 87.6 Å². The molecule has 0 aliphatic carbocycles. The summed E-state index contributed by atoms with van der Waals surface area (Å²) in [4.78, 5) is 33.6. The number of rotatable bonds is 7. The van der Waals surface area contributed by atoms with E-state index in [1.807, 2.05) is 20.8 Å². The lowest BCUT2D eigenvalue weighted by Gasteiger charge is -2.06. The molecule has 0 saturated carbocycles. The van der Waals surface area contributed by atoms with Gasteiger partial charge in [0.1, 0.15) is 6.61 Å². The quantitative estimate of drug-likeness (QED) is 0.600. The number of esters is 1. The fraction of sp³-hybridized carbons (Fsp3) is 0.609. The highest BCUT2D eigenvalue weighted by atomic mass is 16.5. The first-order valence-corrected chi connectivity index (χ1v) is 10.4. The molecule has 162 valence electrons. The van der Waals surface area contributed by atoms with Gasteiger partial charge in [0.15, 0.2) is 5.78 Å². The van der Waals surface area contributed by atoms with Crippen LogP contribution in [0.5, 0.6) is 0 Å². The summed E-state index contributed by atoms with van der Waals surface area (Å²) in [7, 11) is 0. The van der Waals surface area contributed by atoms with E-state index in [0.717, 1.165) is 12.0 Å². The van der Waals surface area contributed by atoms with Crippen molar-refractivity contribution in [3.63, 3.8) is 0 Å². The van der Waals surface area contributed by atoms with Crippen LogP contribution in [0.4, 0.5) is 0 Å². The molecule has 5 nitrogen and oxygen atoms in total. The summed E-state index contributed by atoms with van der Waals surface area (Å²) in [5.74, 6) is -0.715. The van der Waals surface area contributed by atoms with Crippen molar-refractivity contribution in [3.05, 3.63) is 35.4 Å². The maximum atomic E-state index is 11.6. The highest BCUT2D eigenvalue weighted by Crippen LogP contribution is 2.06. The van der Waals surface area contributed by atoms with Gasteiger partial charge in [-0.15, -0.1) is 0 Å². The van der Waals surface area contributed by atoms with E-state index in [9.17, 15) is 14.4 Å². The number of Topliss-reactive ketones (excluding diaryl/α,β-unsaturated/α-hetero) is 1. The van der Waals surface area contributed by atoms with Crippen molar-refractivity contribution >= 4 is 17.7 Å². The minimum absolute atomic E-state index is 0.0115. The Labute approximate surface area is 172 Å². The first-order chi connectivity index (χ1) is 13.4. The van der Waals surface area contributed by atoms with Crippen LogP contribution in [-0.4, -0.2) is 24.3 Å². The van der Waals surface area contributed by atoms with Crippen molar-refractivity contribution < 1.29 is 19.1 Å². The van der Waals surface area contributed by atoms with Gasteiger partial charge in [-0.1, -0.05) is 73.4 Å². The van der Waals surface area contributed by atoms with Crippen LogP contribution in [-0.2, 0) is 20.9 Å². The van der Waals surface area contributed by atoms with Gasteiger partial charge in [0.05, 0.1) is 5.56 Å². The molecule has 0 unspecified atom stereocenters. The van der Waals surface area contributed by atoms with Gasteiger partial charge in [0.2, 0.25) is 5.91 Å². The van der Waals surface area contributed by atoms with E-state index in [4.69, 9.17) is 4.74 Å². The minimum atomic E-state index is -0.526. The van der Waals surface area contributed by atoms with Crippen LogP contribution in [0, 0.1) is 0 Å². The van der Waals surface area contributed by atoms with Crippen molar-refractivity contribution in [1.29, 1.82) is 0 Å². The number of ketones is 1. The van der Waals surface area contributed by atoms with Gasteiger partial charge in [-0.25, -0.2) is 4.79 Å². The average Bonchev–Trinajstić information content (AvgIpc) is 2.68. The van der Waals surface area contributed by atoms with Gasteiger partial charge in [-0.05, 0) is 31.0 Å². The largest absolute Gasteiger partial charge is 0.454 e. The molecule has 1 N–H and O–H groups in total. The van der Waals surface area contributed by atoms with E-state index >= 15 is 0 Å². The van der Waals surface area contributed by atoms with Crippen molar-refractivity contribution in [3.8, 4) is 0 Å². The first-order valence-electron chi connectivity index (χ1n) is 10.4. The molecule has 0 fully saturated rings. The van der Waals surface area contributed by atoms with Crippen molar-refractivity contribution in [2.75, 3.05) is 6.61 Å². The second-order valence-electron chi connectivity index (χ2n) is 5.92. The van der Waals surface area contributed by atoms with Crippen LogP contribution >= 0.6 is 0 Å². The fourth-order valence-electron chi connectivity index (χ4n) is 1.53. The van der Waals surface area contributed by atoms with Crippen LogP contribution in [0.2, 0.25) is 0 Å².